The van der Waals surface area contributed by atoms with Gasteiger partial charge in [0.1, 0.15) is 5.71 Å². The molecule has 2 amide bonds. The number of nitrogens with zero attached hydrogens (tertiary/aromatic N) is 2. The van der Waals surface area contributed by atoms with E-state index in [0.717, 1.165) is 0 Å². The summed E-state index contributed by atoms with van der Waals surface area (Å²) in [4.78, 5) is 23.3. The second-order valence-corrected chi connectivity index (χ2v) is 4.99. The molecule has 0 saturated heterocycles. The number of hydrogen-bond acceptors (Lipinski definition) is 3. The first-order chi connectivity index (χ1) is 9.58. The Balaban J connectivity index is 1.90. The van der Waals surface area contributed by atoms with E-state index in [-0.39, 0.29) is 17.7 Å². The summed E-state index contributed by atoms with van der Waals surface area (Å²) >= 11 is 0. The summed E-state index contributed by atoms with van der Waals surface area (Å²) in [6.07, 6.45) is 0.756. The van der Waals surface area contributed by atoms with Crippen molar-refractivity contribution in [3.05, 3.63) is 35.9 Å². The normalized spacial score (nSPS) is 16.6. The van der Waals surface area contributed by atoms with Gasteiger partial charge in [-0.1, -0.05) is 37.3 Å². The molecule has 1 N–H and O–H groups in total. The van der Waals surface area contributed by atoms with E-state index in [0.29, 0.717) is 25.1 Å². The van der Waals surface area contributed by atoms with Gasteiger partial charge in [0.15, 0.2) is 0 Å². The van der Waals surface area contributed by atoms with E-state index in [2.05, 4.69) is 17.3 Å². The highest BCUT2D eigenvalue weighted by Gasteiger charge is 2.22. The minimum atomic E-state index is -0.188. The molecule has 5 nitrogen and oxygen atoms in total. The fourth-order valence-electron chi connectivity index (χ4n) is 2.08. The summed E-state index contributed by atoms with van der Waals surface area (Å²) in [7, 11) is 1.57. The smallest absolute Gasteiger partial charge is 0.267 e. The van der Waals surface area contributed by atoms with Gasteiger partial charge in [0.2, 0.25) is 5.91 Å². The molecule has 1 heterocycles. The van der Waals surface area contributed by atoms with Gasteiger partial charge >= 0.3 is 0 Å². The average molecular weight is 273 g/mol. The predicted molar refractivity (Wildman–Crippen MR) is 77.3 cm³/mol. The molecular weight excluding hydrogens is 254 g/mol. The van der Waals surface area contributed by atoms with Crippen LogP contribution in [0.25, 0.3) is 0 Å². The highest BCUT2D eigenvalue weighted by molar-refractivity contribution is 6.39. The molecule has 0 aromatic heterocycles. The van der Waals surface area contributed by atoms with Gasteiger partial charge in [0, 0.05) is 26.4 Å². The maximum Gasteiger partial charge on any atom is 0.267 e. The first-order valence-corrected chi connectivity index (χ1v) is 6.75. The number of benzene rings is 1. The number of hydrogen-bond donors (Lipinski definition) is 1. The fraction of sp³-hybridized carbons (Fsp3) is 0.400. The first kappa shape index (κ1) is 14.2. The van der Waals surface area contributed by atoms with Gasteiger partial charge in [-0.3, -0.25) is 9.59 Å². The van der Waals surface area contributed by atoms with Crippen molar-refractivity contribution in [3.63, 3.8) is 0 Å². The highest BCUT2D eigenvalue weighted by atomic mass is 16.2. The van der Waals surface area contributed by atoms with Crippen LogP contribution in [0.4, 0.5) is 0 Å². The van der Waals surface area contributed by atoms with Crippen LogP contribution in [0.2, 0.25) is 0 Å². The molecule has 0 unspecified atom stereocenters. The van der Waals surface area contributed by atoms with Gasteiger partial charge in [-0.15, -0.1) is 0 Å². The summed E-state index contributed by atoms with van der Waals surface area (Å²) in [5.74, 6) is -0.00460. The molecule has 0 radical (unpaired) electrons. The van der Waals surface area contributed by atoms with E-state index in [9.17, 15) is 9.59 Å². The molecule has 106 valence electrons. The number of rotatable bonds is 4. The predicted octanol–water partition coefficient (Wildman–Crippen LogP) is 1.51. The molecule has 2 rings (SSSR count). The zero-order chi connectivity index (χ0) is 14.5. The Labute approximate surface area is 118 Å². The van der Waals surface area contributed by atoms with Gasteiger partial charge < -0.3 is 5.32 Å². The van der Waals surface area contributed by atoms with Crippen LogP contribution in [0.1, 0.15) is 31.2 Å². The fourth-order valence-corrected chi connectivity index (χ4v) is 2.08. The van der Waals surface area contributed by atoms with Crippen molar-refractivity contribution in [1.82, 2.24) is 10.3 Å². The van der Waals surface area contributed by atoms with Crippen LogP contribution < -0.4 is 5.32 Å². The largest absolute Gasteiger partial charge is 0.350 e. The lowest BCUT2D eigenvalue weighted by molar-refractivity contribution is -0.130. The quantitative estimate of drug-likeness (QED) is 0.904. The minimum Gasteiger partial charge on any atom is -0.350 e. The number of carbonyl (C=O) groups excluding carboxylic acids is 2. The third-order valence-corrected chi connectivity index (χ3v) is 3.41. The second-order valence-electron chi connectivity index (χ2n) is 4.99. The van der Waals surface area contributed by atoms with Crippen LogP contribution >= 0.6 is 0 Å². The van der Waals surface area contributed by atoms with Gasteiger partial charge in [0.25, 0.3) is 5.91 Å². The maximum atomic E-state index is 12.0. The highest BCUT2D eigenvalue weighted by Crippen LogP contribution is 2.13. The Morgan fingerprint density at radius 2 is 2.05 bits per heavy atom. The molecule has 5 heteroatoms. The summed E-state index contributed by atoms with van der Waals surface area (Å²) in [5, 5.41) is 8.12. The molecule has 0 bridgehead atoms. The summed E-state index contributed by atoms with van der Waals surface area (Å²) < 4.78 is 0. The second kappa shape index (κ2) is 6.32. The SMILES string of the molecule is C[C@@H](CNC(=O)C1=NN(C)C(=O)CC1)c1ccccc1. The summed E-state index contributed by atoms with van der Waals surface area (Å²) in [6, 6.07) is 10.0. The van der Waals surface area contributed by atoms with Gasteiger partial charge in [-0.2, -0.15) is 5.10 Å². The van der Waals surface area contributed by atoms with Crippen molar-refractivity contribution < 1.29 is 9.59 Å². The van der Waals surface area contributed by atoms with Crippen LogP contribution in [0.15, 0.2) is 35.4 Å². The van der Waals surface area contributed by atoms with Crippen LogP contribution in [-0.2, 0) is 9.59 Å². The number of hydrazone groups is 1. The Morgan fingerprint density at radius 3 is 2.70 bits per heavy atom. The number of nitrogens with one attached hydrogen (secondary N) is 1. The maximum absolute atomic E-state index is 12.0. The van der Waals surface area contributed by atoms with E-state index in [4.69, 9.17) is 0 Å². The Bertz CT molecular complexity index is 525. The monoisotopic (exact) mass is 273 g/mol. The molecule has 0 aliphatic carbocycles. The van der Waals surface area contributed by atoms with Crippen molar-refractivity contribution >= 4 is 17.5 Å². The van der Waals surface area contributed by atoms with Gasteiger partial charge in [-0.25, -0.2) is 5.01 Å². The number of amides is 2. The number of carbonyl (C=O) groups is 2. The molecule has 0 spiro atoms. The lowest BCUT2D eigenvalue weighted by Gasteiger charge is -2.19. The van der Waals surface area contributed by atoms with Crippen molar-refractivity contribution in [3.8, 4) is 0 Å². The lowest BCUT2D eigenvalue weighted by atomic mass is 10.0. The van der Waals surface area contributed by atoms with E-state index < -0.39 is 0 Å². The Hall–Kier alpha value is -2.17. The van der Waals surface area contributed by atoms with Crippen molar-refractivity contribution in [2.75, 3.05) is 13.6 Å². The molecular formula is C15H19N3O2. The van der Waals surface area contributed by atoms with Crippen molar-refractivity contribution in [2.45, 2.75) is 25.7 Å². The van der Waals surface area contributed by atoms with Gasteiger partial charge in [-0.05, 0) is 11.5 Å². The minimum absolute atomic E-state index is 0.0563. The standard InChI is InChI=1S/C15H19N3O2/c1-11(12-6-4-3-5-7-12)10-16-15(20)13-8-9-14(19)18(2)17-13/h3-7,11H,8-10H2,1-2H3,(H,16,20)/t11-/m0/s1. The molecule has 20 heavy (non-hydrogen) atoms. The van der Waals surface area contributed by atoms with Crippen molar-refractivity contribution in [1.29, 1.82) is 0 Å². The van der Waals surface area contributed by atoms with Crippen LogP contribution in [0.5, 0.6) is 0 Å². The third-order valence-electron chi connectivity index (χ3n) is 3.41. The van der Waals surface area contributed by atoms with Crippen molar-refractivity contribution in [2.24, 2.45) is 5.10 Å². The molecule has 1 aliphatic rings. The zero-order valence-electron chi connectivity index (χ0n) is 11.8. The Kier molecular flexibility index (Phi) is 4.50. The van der Waals surface area contributed by atoms with E-state index in [1.165, 1.54) is 10.6 Å². The molecule has 1 aliphatic heterocycles. The van der Waals surface area contributed by atoms with E-state index in [1.807, 2.05) is 30.3 Å². The molecule has 1 aromatic carbocycles. The van der Waals surface area contributed by atoms with Crippen LogP contribution in [0.3, 0.4) is 0 Å². The molecule has 1 atom stereocenters. The van der Waals surface area contributed by atoms with E-state index >= 15 is 0 Å². The summed E-state index contributed by atoms with van der Waals surface area (Å²) in [5.41, 5.74) is 1.61. The zero-order valence-corrected chi connectivity index (χ0v) is 11.8. The third kappa shape index (κ3) is 3.44. The topological polar surface area (TPSA) is 61.8 Å². The lowest BCUT2D eigenvalue weighted by Crippen LogP contribution is -2.38. The first-order valence-electron chi connectivity index (χ1n) is 6.75. The molecule has 1 aromatic rings. The van der Waals surface area contributed by atoms with Crippen LogP contribution in [-0.4, -0.2) is 36.1 Å². The van der Waals surface area contributed by atoms with Gasteiger partial charge in [0.05, 0.1) is 0 Å². The summed E-state index contributed by atoms with van der Waals surface area (Å²) in [6.45, 7) is 2.62. The Morgan fingerprint density at radius 1 is 1.35 bits per heavy atom. The van der Waals surface area contributed by atoms with Crippen LogP contribution in [0, 0.1) is 0 Å². The molecule has 0 saturated carbocycles. The molecule has 0 fully saturated rings. The average Bonchev–Trinajstić information content (AvgIpc) is 2.48. The van der Waals surface area contributed by atoms with E-state index in [1.54, 1.807) is 7.05 Å².